The fraction of sp³-hybridized carbons (Fsp3) is 0.344. The summed E-state index contributed by atoms with van der Waals surface area (Å²) in [7, 11) is 0. The van der Waals surface area contributed by atoms with Crippen molar-refractivity contribution >= 4 is 40.8 Å². The quantitative estimate of drug-likeness (QED) is 0.316. The molecule has 0 fully saturated rings. The van der Waals surface area contributed by atoms with Gasteiger partial charge in [0.15, 0.2) is 0 Å². The Bertz CT molecular complexity index is 1420. The van der Waals surface area contributed by atoms with Crippen molar-refractivity contribution in [1.29, 1.82) is 0 Å². The lowest BCUT2D eigenvalue weighted by atomic mass is 9.84. The maximum Gasteiger partial charge on any atom is 0.309 e. The summed E-state index contributed by atoms with van der Waals surface area (Å²) in [4.78, 5) is 42.3. The first kappa shape index (κ1) is 29.3. The second-order valence-electron chi connectivity index (χ2n) is 10.9. The van der Waals surface area contributed by atoms with Crippen LogP contribution in [-0.4, -0.2) is 35.5 Å². The third-order valence-electron chi connectivity index (χ3n) is 7.73. The Hall–Kier alpha value is -3.71. The number of aryl methyl sites for hydroxylation is 1. The fourth-order valence-corrected chi connectivity index (χ4v) is 5.33. The molecule has 0 saturated carbocycles. The molecule has 210 valence electrons. The molecule has 1 aliphatic rings. The Morgan fingerprint density at radius 1 is 1.07 bits per heavy atom. The van der Waals surface area contributed by atoms with E-state index in [0.29, 0.717) is 29.2 Å². The van der Waals surface area contributed by atoms with Gasteiger partial charge in [0.05, 0.1) is 11.3 Å². The zero-order valence-electron chi connectivity index (χ0n) is 23.2. The van der Waals surface area contributed by atoms with Gasteiger partial charge in [0, 0.05) is 34.5 Å². The number of carbonyl (C=O) groups is 3. The maximum absolute atomic E-state index is 15.1. The summed E-state index contributed by atoms with van der Waals surface area (Å²) < 4.78 is 15.1. The number of fused-ring (bicyclic) bond motifs is 1. The summed E-state index contributed by atoms with van der Waals surface area (Å²) in [6, 6.07) is 18.5. The van der Waals surface area contributed by atoms with E-state index in [4.69, 9.17) is 11.6 Å². The van der Waals surface area contributed by atoms with Gasteiger partial charge in [-0.25, -0.2) is 4.39 Å². The smallest absolute Gasteiger partial charge is 0.309 e. The number of carbonyl (C=O) groups excluding carboxylic acids is 2. The van der Waals surface area contributed by atoms with Crippen LogP contribution in [-0.2, 0) is 16.0 Å². The van der Waals surface area contributed by atoms with E-state index < -0.39 is 23.1 Å². The molecule has 2 atom stereocenters. The zero-order valence-corrected chi connectivity index (χ0v) is 23.9. The van der Waals surface area contributed by atoms with Gasteiger partial charge >= 0.3 is 5.97 Å². The maximum atomic E-state index is 15.1. The van der Waals surface area contributed by atoms with E-state index in [-0.39, 0.29) is 36.3 Å². The van der Waals surface area contributed by atoms with Gasteiger partial charge in [0.25, 0.3) is 5.91 Å². The van der Waals surface area contributed by atoms with Gasteiger partial charge in [-0.1, -0.05) is 35.9 Å². The van der Waals surface area contributed by atoms with Crippen molar-refractivity contribution in [3.8, 4) is 0 Å². The third-order valence-corrected chi connectivity index (χ3v) is 7.98. The molecule has 0 bridgehead atoms. The predicted octanol–water partition coefficient (Wildman–Crippen LogP) is 7.10. The van der Waals surface area contributed by atoms with Crippen molar-refractivity contribution in [3.05, 3.63) is 94.3 Å². The van der Waals surface area contributed by atoms with Crippen LogP contribution >= 0.6 is 11.6 Å². The Labute approximate surface area is 239 Å². The van der Waals surface area contributed by atoms with Crippen LogP contribution in [0.1, 0.15) is 67.9 Å². The molecule has 3 aromatic carbocycles. The summed E-state index contributed by atoms with van der Waals surface area (Å²) in [5.74, 6) is -2.35. The SMILES string of the molecule is CCN(C(=O)[C@H]1C[C@H](C)N(C(=O)c2ccc(CCC(C)(C)C(=O)O)c(F)c2)c2ccccc21)c1ccc(Cl)cc1. The highest BCUT2D eigenvalue weighted by molar-refractivity contribution is 6.30. The molecular formula is C32H34ClFN2O4. The van der Waals surface area contributed by atoms with Crippen LogP contribution in [0, 0.1) is 11.2 Å². The van der Waals surface area contributed by atoms with E-state index in [0.717, 1.165) is 11.3 Å². The summed E-state index contributed by atoms with van der Waals surface area (Å²) in [6.07, 6.45) is 0.924. The zero-order chi connectivity index (χ0) is 29.2. The molecule has 1 N–H and O–H groups in total. The first-order valence-electron chi connectivity index (χ1n) is 13.5. The van der Waals surface area contributed by atoms with Crippen molar-refractivity contribution in [1.82, 2.24) is 0 Å². The summed E-state index contributed by atoms with van der Waals surface area (Å²) in [5, 5.41) is 9.94. The number of aliphatic carboxylic acids is 1. The number of para-hydroxylation sites is 1. The largest absolute Gasteiger partial charge is 0.481 e. The van der Waals surface area contributed by atoms with E-state index in [9.17, 15) is 19.5 Å². The van der Waals surface area contributed by atoms with Crippen LogP contribution in [0.3, 0.4) is 0 Å². The third kappa shape index (κ3) is 5.89. The van der Waals surface area contributed by atoms with Crippen molar-refractivity contribution in [2.45, 2.75) is 58.9 Å². The molecule has 6 nitrogen and oxygen atoms in total. The standard InChI is InChI=1S/C32H34ClFN2O4/c1-5-35(24-14-12-23(33)13-15-24)30(38)26-18-20(2)36(28-9-7-6-8-25(26)28)29(37)22-11-10-21(27(34)19-22)16-17-32(3,4)31(39)40/h6-15,19-20,26H,5,16-18H2,1-4H3,(H,39,40)/t20-,26-/m0/s1. The van der Waals surface area contributed by atoms with Crippen LogP contribution in [0.15, 0.2) is 66.7 Å². The number of hydrogen-bond donors (Lipinski definition) is 1. The van der Waals surface area contributed by atoms with E-state index in [1.807, 2.05) is 50.2 Å². The number of rotatable bonds is 8. The van der Waals surface area contributed by atoms with E-state index >= 15 is 4.39 Å². The number of likely N-dealkylation sites (N-methyl/N-ethyl adjacent to an activating group) is 1. The number of benzene rings is 3. The number of nitrogens with zero attached hydrogens (tertiary/aromatic N) is 2. The molecule has 1 heterocycles. The number of hydrogen-bond acceptors (Lipinski definition) is 3. The van der Waals surface area contributed by atoms with Crippen LogP contribution < -0.4 is 9.80 Å². The van der Waals surface area contributed by atoms with Crippen LogP contribution in [0.25, 0.3) is 0 Å². The van der Waals surface area contributed by atoms with Gasteiger partial charge < -0.3 is 14.9 Å². The van der Waals surface area contributed by atoms with E-state index in [1.165, 1.54) is 6.07 Å². The van der Waals surface area contributed by atoms with Gasteiger partial charge in [-0.15, -0.1) is 0 Å². The minimum Gasteiger partial charge on any atom is -0.481 e. The Kier molecular flexibility index (Phi) is 8.64. The predicted molar refractivity (Wildman–Crippen MR) is 156 cm³/mol. The Morgan fingerprint density at radius 3 is 2.38 bits per heavy atom. The van der Waals surface area contributed by atoms with Crippen molar-refractivity contribution in [3.63, 3.8) is 0 Å². The molecule has 0 spiro atoms. The molecule has 1 aliphatic heterocycles. The van der Waals surface area contributed by atoms with Gasteiger partial charge in [-0.2, -0.15) is 0 Å². The topological polar surface area (TPSA) is 77.9 Å². The fourth-order valence-electron chi connectivity index (χ4n) is 5.21. The summed E-state index contributed by atoms with van der Waals surface area (Å²) in [6.45, 7) is 7.50. The molecule has 8 heteroatoms. The lowest BCUT2D eigenvalue weighted by Crippen LogP contribution is -2.46. The molecular weight excluding hydrogens is 531 g/mol. The van der Waals surface area contributed by atoms with Gasteiger partial charge in [0.2, 0.25) is 5.91 Å². The number of carboxylic acids is 1. The van der Waals surface area contributed by atoms with E-state index in [2.05, 4.69) is 0 Å². The first-order valence-corrected chi connectivity index (χ1v) is 13.8. The lowest BCUT2D eigenvalue weighted by molar-refractivity contribution is -0.147. The average molecular weight is 565 g/mol. The normalized spacial score (nSPS) is 16.8. The average Bonchev–Trinajstić information content (AvgIpc) is 2.92. The lowest BCUT2D eigenvalue weighted by Gasteiger charge is -2.40. The summed E-state index contributed by atoms with van der Waals surface area (Å²) >= 11 is 6.05. The molecule has 2 amide bonds. The van der Waals surface area contributed by atoms with Crippen LogP contribution in [0.5, 0.6) is 0 Å². The van der Waals surface area contributed by atoms with Gasteiger partial charge in [-0.3, -0.25) is 14.4 Å². The number of carboxylic acid groups (broad SMARTS) is 1. The van der Waals surface area contributed by atoms with Gasteiger partial charge in [0.1, 0.15) is 5.82 Å². The monoisotopic (exact) mass is 564 g/mol. The minimum atomic E-state index is -0.983. The van der Waals surface area contributed by atoms with Crippen molar-refractivity contribution in [2.75, 3.05) is 16.3 Å². The number of amides is 2. The second kappa shape index (κ2) is 11.8. The molecule has 0 aliphatic carbocycles. The molecule has 4 rings (SSSR count). The minimum absolute atomic E-state index is 0.0593. The van der Waals surface area contributed by atoms with E-state index in [1.54, 1.807) is 47.9 Å². The Balaban J connectivity index is 1.60. The van der Waals surface area contributed by atoms with Gasteiger partial charge in [-0.05, 0) is 101 Å². The molecule has 0 aromatic heterocycles. The molecule has 40 heavy (non-hydrogen) atoms. The molecule has 3 aromatic rings. The molecule has 0 unspecified atom stereocenters. The molecule has 0 radical (unpaired) electrons. The highest BCUT2D eigenvalue weighted by Gasteiger charge is 2.39. The first-order chi connectivity index (χ1) is 18.9. The van der Waals surface area contributed by atoms with Crippen LogP contribution in [0.2, 0.25) is 5.02 Å². The molecule has 0 saturated heterocycles. The van der Waals surface area contributed by atoms with Crippen LogP contribution in [0.4, 0.5) is 15.8 Å². The van der Waals surface area contributed by atoms with Crippen molar-refractivity contribution < 1.29 is 23.9 Å². The number of halogens is 2. The highest BCUT2D eigenvalue weighted by atomic mass is 35.5. The highest BCUT2D eigenvalue weighted by Crippen LogP contribution is 2.41. The second-order valence-corrected chi connectivity index (χ2v) is 11.4. The summed E-state index contributed by atoms with van der Waals surface area (Å²) in [5.41, 5.74) is 1.71. The number of anilines is 2. The Morgan fingerprint density at radius 2 is 1.75 bits per heavy atom. The van der Waals surface area contributed by atoms with Crippen molar-refractivity contribution in [2.24, 2.45) is 5.41 Å².